The van der Waals surface area contributed by atoms with E-state index in [2.05, 4.69) is 22.0 Å². The van der Waals surface area contributed by atoms with Gasteiger partial charge in [-0.05, 0) is 18.7 Å². The van der Waals surface area contributed by atoms with Gasteiger partial charge in [0.1, 0.15) is 0 Å². The zero-order valence-electron chi connectivity index (χ0n) is 11.1. The van der Waals surface area contributed by atoms with Crippen LogP contribution >= 0.6 is 0 Å². The van der Waals surface area contributed by atoms with Crippen LogP contribution in [-0.2, 0) is 0 Å². The van der Waals surface area contributed by atoms with Crippen LogP contribution in [0, 0.1) is 0 Å². The molecule has 0 bridgehead atoms. The molecule has 5 nitrogen and oxygen atoms in total. The summed E-state index contributed by atoms with van der Waals surface area (Å²) < 4.78 is 0. The van der Waals surface area contributed by atoms with Gasteiger partial charge in [0.05, 0.1) is 11.7 Å². The summed E-state index contributed by atoms with van der Waals surface area (Å²) in [5.41, 5.74) is 1.65. The lowest BCUT2D eigenvalue weighted by Crippen LogP contribution is -2.48. The van der Waals surface area contributed by atoms with Crippen molar-refractivity contribution in [2.45, 2.75) is 6.92 Å². The zero-order chi connectivity index (χ0) is 13.2. The van der Waals surface area contributed by atoms with Gasteiger partial charge < -0.3 is 9.80 Å². The van der Waals surface area contributed by atoms with Crippen LogP contribution in [0.25, 0.3) is 10.9 Å². The molecule has 1 aromatic heterocycles. The van der Waals surface area contributed by atoms with Gasteiger partial charge in [0.25, 0.3) is 5.91 Å². The van der Waals surface area contributed by atoms with Crippen LogP contribution < -0.4 is 0 Å². The second-order valence-corrected chi connectivity index (χ2v) is 4.90. The van der Waals surface area contributed by atoms with Crippen molar-refractivity contribution in [3.05, 3.63) is 30.0 Å². The number of nitrogens with one attached hydrogen (secondary N) is 1. The standard InChI is InChI=1S/C14H18N4O/c1-2-17-5-7-18(8-6-17)14(19)11-3-4-12-10-15-16-13(12)9-11/h3-4,9-10H,2,5-8H2,1H3,(H,15,16). The molecule has 0 atom stereocenters. The molecule has 0 aliphatic carbocycles. The fraction of sp³-hybridized carbons (Fsp3) is 0.429. The van der Waals surface area contributed by atoms with Gasteiger partial charge in [-0.1, -0.05) is 13.0 Å². The number of carbonyl (C=O) groups is 1. The van der Waals surface area contributed by atoms with Gasteiger partial charge >= 0.3 is 0 Å². The number of benzene rings is 1. The first-order chi connectivity index (χ1) is 9.28. The Hall–Kier alpha value is -1.88. The molecule has 100 valence electrons. The summed E-state index contributed by atoms with van der Waals surface area (Å²) >= 11 is 0. The second-order valence-electron chi connectivity index (χ2n) is 4.90. The molecule has 3 rings (SSSR count). The maximum absolute atomic E-state index is 12.4. The number of nitrogens with zero attached hydrogens (tertiary/aromatic N) is 3. The highest BCUT2D eigenvalue weighted by molar-refractivity contribution is 5.97. The summed E-state index contributed by atoms with van der Waals surface area (Å²) in [6.45, 7) is 6.77. The number of hydrogen-bond donors (Lipinski definition) is 1. The first-order valence-electron chi connectivity index (χ1n) is 6.72. The summed E-state index contributed by atoms with van der Waals surface area (Å²) in [4.78, 5) is 16.7. The summed E-state index contributed by atoms with van der Waals surface area (Å²) in [5, 5.41) is 7.92. The van der Waals surface area contributed by atoms with Gasteiger partial charge in [-0.25, -0.2) is 0 Å². The molecule has 0 radical (unpaired) electrons. The minimum absolute atomic E-state index is 0.118. The van der Waals surface area contributed by atoms with E-state index in [4.69, 9.17) is 0 Å². The third-order valence-electron chi connectivity index (χ3n) is 3.80. The number of aromatic amines is 1. The van der Waals surface area contributed by atoms with E-state index in [0.29, 0.717) is 0 Å². The SMILES string of the molecule is CCN1CCN(C(=O)c2ccc3cn[nH]c3c2)CC1. The van der Waals surface area contributed by atoms with Crippen molar-refractivity contribution in [2.24, 2.45) is 0 Å². The number of hydrogen-bond acceptors (Lipinski definition) is 3. The number of H-pyrrole nitrogens is 1. The van der Waals surface area contributed by atoms with Crippen LogP contribution in [0.2, 0.25) is 0 Å². The molecular formula is C14H18N4O. The normalized spacial score (nSPS) is 17.0. The number of carbonyl (C=O) groups excluding carboxylic acids is 1. The Balaban J connectivity index is 1.76. The highest BCUT2D eigenvalue weighted by atomic mass is 16.2. The number of rotatable bonds is 2. The van der Waals surface area contributed by atoms with Crippen LogP contribution in [0.15, 0.2) is 24.4 Å². The Bertz CT molecular complexity index is 584. The van der Waals surface area contributed by atoms with E-state index in [1.165, 1.54) is 0 Å². The van der Waals surface area contributed by atoms with Crippen molar-refractivity contribution in [2.75, 3.05) is 32.7 Å². The Morgan fingerprint density at radius 2 is 2.11 bits per heavy atom. The van der Waals surface area contributed by atoms with E-state index in [1.807, 2.05) is 23.1 Å². The smallest absolute Gasteiger partial charge is 0.254 e. The fourth-order valence-electron chi connectivity index (χ4n) is 2.52. The molecule has 19 heavy (non-hydrogen) atoms. The molecule has 1 N–H and O–H groups in total. The molecule has 1 fully saturated rings. The van der Waals surface area contributed by atoms with E-state index in [0.717, 1.165) is 49.2 Å². The van der Waals surface area contributed by atoms with Crippen molar-refractivity contribution in [3.63, 3.8) is 0 Å². The zero-order valence-corrected chi connectivity index (χ0v) is 11.1. The predicted molar refractivity (Wildman–Crippen MR) is 74.1 cm³/mol. The topological polar surface area (TPSA) is 52.2 Å². The molecule has 5 heteroatoms. The van der Waals surface area contributed by atoms with Crippen molar-refractivity contribution < 1.29 is 4.79 Å². The van der Waals surface area contributed by atoms with E-state index in [9.17, 15) is 4.79 Å². The molecule has 0 spiro atoms. The molecule has 1 aliphatic rings. The minimum atomic E-state index is 0.118. The lowest BCUT2D eigenvalue weighted by Gasteiger charge is -2.34. The Labute approximate surface area is 112 Å². The van der Waals surface area contributed by atoms with Gasteiger partial charge in [-0.2, -0.15) is 5.10 Å². The minimum Gasteiger partial charge on any atom is -0.336 e. The lowest BCUT2D eigenvalue weighted by atomic mass is 10.1. The summed E-state index contributed by atoms with van der Waals surface area (Å²) in [7, 11) is 0. The average molecular weight is 258 g/mol. The largest absolute Gasteiger partial charge is 0.336 e. The number of fused-ring (bicyclic) bond motifs is 1. The first-order valence-corrected chi connectivity index (χ1v) is 6.72. The Morgan fingerprint density at radius 3 is 2.84 bits per heavy atom. The van der Waals surface area contributed by atoms with Gasteiger partial charge in [0.15, 0.2) is 0 Å². The summed E-state index contributed by atoms with van der Waals surface area (Å²) in [6, 6.07) is 5.71. The molecule has 0 saturated carbocycles. The van der Waals surface area contributed by atoms with E-state index < -0.39 is 0 Å². The molecule has 1 amide bonds. The molecule has 1 saturated heterocycles. The Morgan fingerprint density at radius 1 is 1.32 bits per heavy atom. The molecular weight excluding hydrogens is 240 g/mol. The monoisotopic (exact) mass is 258 g/mol. The summed E-state index contributed by atoms with van der Waals surface area (Å²) in [5.74, 6) is 0.118. The number of amides is 1. The van der Waals surface area contributed by atoms with Crippen molar-refractivity contribution in [1.29, 1.82) is 0 Å². The van der Waals surface area contributed by atoms with Crippen LogP contribution in [-0.4, -0.2) is 58.6 Å². The molecule has 2 aromatic rings. The van der Waals surface area contributed by atoms with Crippen LogP contribution in [0.3, 0.4) is 0 Å². The van der Waals surface area contributed by atoms with E-state index in [-0.39, 0.29) is 5.91 Å². The van der Waals surface area contributed by atoms with Crippen molar-refractivity contribution >= 4 is 16.8 Å². The number of aromatic nitrogens is 2. The lowest BCUT2D eigenvalue weighted by molar-refractivity contribution is 0.0643. The van der Waals surface area contributed by atoms with Gasteiger partial charge in [-0.15, -0.1) is 0 Å². The number of likely N-dealkylation sites (N-methyl/N-ethyl adjacent to an activating group) is 1. The van der Waals surface area contributed by atoms with E-state index in [1.54, 1.807) is 6.20 Å². The third kappa shape index (κ3) is 2.33. The quantitative estimate of drug-likeness (QED) is 0.884. The highest BCUT2D eigenvalue weighted by Gasteiger charge is 2.21. The Kier molecular flexibility index (Phi) is 3.21. The summed E-state index contributed by atoms with van der Waals surface area (Å²) in [6.07, 6.45) is 1.77. The first kappa shape index (κ1) is 12.2. The highest BCUT2D eigenvalue weighted by Crippen LogP contribution is 2.15. The van der Waals surface area contributed by atoms with Crippen LogP contribution in [0.4, 0.5) is 0 Å². The maximum Gasteiger partial charge on any atom is 0.254 e. The van der Waals surface area contributed by atoms with Crippen molar-refractivity contribution in [3.8, 4) is 0 Å². The van der Waals surface area contributed by atoms with Gasteiger partial charge in [0.2, 0.25) is 0 Å². The number of piperazine rings is 1. The molecule has 1 aliphatic heterocycles. The van der Waals surface area contributed by atoms with Gasteiger partial charge in [-0.3, -0.25) is 9.89 Å². The molecule has 0 unspecified atom stereocenters. The molecule has 2 heterocycles. The van der Waals surface area contributed by atoms with E-state index >= 15 is 0 Å². The van der Waals surface area contributed by atoms with Crippen LogP contribution in [0.1, 0.15) is 17.3 Å². The average Bonchev–Trinajstić information content (AvgIpc) is 2.94. The second kappa shape index (κ2) is 5.01. The third-order valence-corrected chi connectivity index (χ3v) is 3.80. The van der Waals surface area contributed by atoms with Gasteiger partial charge in [0, 0.05) is 37.1 Å². The van der Waals surface area contributed by atoms with Crippen LogP contribution in [0.5, 0.6) is 0 Å². The van der Waals surface area contributed by atoms with Crippen molar-refractivity contribution in [1.82, 2.24) is 20.0 Å². The molecule has 1 aromatic carbocycles. The fourth-order valence-corrected chi connectivity index (χ4v) is 2.52. The predicted octanol–water partition coefficient (Wildman–Crippen LogP) is 1.34. The maximum atomic E-state index is 12.4.